The Bertz CT molecular complexity index is 342. The molecule has 1 unspecified atom stereocenters. The van der Waals surface area contributed by atoms with E-state index in [9.17, 15) is 0 Å². The second-order valence-electron chi connectivity index (χ2n) is 3.73. The maximum atomic E-state index is 6.12. The van der Waals surface area contributed by atoms with E-state index in [0.717, 1.165) is 18.4 Å². The SMILES string of the molecule is CC/C=C\C(C)Cc1cccc(Cl)c1Cl. The number of halogens is 2. The first-order valence-corrected chi connectivity index (χ1v) is 6.00. The molecule has 0 heterocycles. The van der Waals surface area contributed by atoms with Crippen molar-refractivity contribution >= 4 is 23.2 Å². The third-order valence-electron chi connectivity index (χ3n) is 2.27. The summed E-state index contributed by atoms with van der Waals surface area (Å²) in [6.07, 6.45) is 6.42. The van der Waals surface area contributed by atoms with E-state index in [-0.39, 0.29) is 0 Å². The Hall–Kier alpha value is -0.460. The summed E-state index contributed by atoms with van der Waals surface area (Å²) in [4.78, 5) is 0. The van der Waals surface area contributed by atoms with Gasteiger partial charge in [0, 0.05) is 0 Å². The molecule has 0 nitrogen and oxygen atoms in total. The molecule has 1 aromatic carbocycles. The van der Waals surface area contributed by atoms with E-state index in [0.29, 0.717) is 16.0 Å². The summed E-state index contributed by atoms with van der Waals surface area (Å²) in [6.45, 7) is 4.32. The summed E-state index contributed by atoms with van der Waals surface area (Å²) in [7, 11) is 0. The molecule has 0 bridgehead atoms. The van der Waals surface area contributed by atoms with Crippen LogP contribution in [0, 0.1) is 5.92 Å². The molecular weight excluding hydrogens is 227 g/mol. The quantitative estimate of drug-likeness (QED) is 0.642. The molecule has 15 heavy (non-hydrogen) atoms. The van der Waals surface area contributed by atoms with Gasteiger partial charge in [-0.05, 0) is 30.4 Å². The minimum Gasteiger partial charge on any atom is -0.0885 e. The van der Waals surface area contributed by atoms with Gasteiger partial charge in [0.15, 0.2) is 0 Å². The lowest BCUT2D eigenvalue weighted by Gasteiger charge is -2.09. The van der Waals surface area contributed by atoms with Gasteiger partial charge >= 0.3 is 0 Å². The van der Waals surface area contributed by atoms with Gasteiger partial charge in [-0.15, -0.1) is 0 Å². The molecule has 1 aromatic rings. The van der Waals surface area contributed by atoms with E-state index in [2.05, 4.69) is 26.0 Å². The van der Waals surface area contributed by atoms with Crippen LogP contribution in [0.1, 0.15) is 25.8 Å². The van der Waals surface area contributed by atoms with Crippen molar-refractivity contribution in [2.24, 2.45) is 5.92 Å². The first-order valence-electron chi connectivity index (χ1n) is 5.24. The van der Waals surface area contributed by atoms with E-state index in [1.54, 1.807) is 0 Å². The van der Waals surface area contributed by atoms with Gasteiger partial charge in [-0.3, -0.25) is 0 Å². The first-order chi connectivity index (χ1) is 7.15. The highest BCUT2D eigenvalue weighted by Crippen LogP contribution is 2.27. The third-order valence-corrected chi connectivity index (χ3v) is 3.13. The molecule has 0 amide bonds. The van der Waals surface area contributed by atoms with Crippen LogP contribution in [0.4, 0.5) is 0 Å². The van der Waals surface area contributed by atoms with Crippen LogP contribution in [-0.2, 0) is 6.42 Å². The molecule has 0 fully saturated rings. The van der Waals surface area contributed by atoms with Gasteiger partial charge in [0.25, 0.3) is 0 Å². The molecule has 0 aromatic heterocycles. The zero-order valence-corrected chi connectivity index (χ0v) is 10.6. The average Bonchev–Trinajstić information content (AvgIpc) is 2.22. The monoisotopic (exact) mass is 242 g/mol. The topological polar surface area (TPSA) is 0 Å². The van der Waals surface area contributed by atoms with E-state index < -0.39 is 0 Å². The lowest BCUT2D eigenvalue weighted by Crippen LogP contribution is -1.96. The van der Waals surface area contributed by atoms with Crippen molar-refractivity contribution in [3.8, 4) is 0 Å². The molecule has 0 saturated carbocycles. The fourth-order valence-electron chi connectivity index (χ4n) is 1.49. The number of rotatable bonds is 4. The Labute approximate surface area is 102 Å². The molecule has 0 saturated heterocycles. The zero-order chi connectivity index (χ0) is 11.3. The standard InChI is InChI=1S/C13H16Cl2/c1-3-4-6-10(2)9-11-7-5-8-12(14)13(11)15/h4-8,10H,3,9H2,1-2H3/b6-4-. The average molecular weight is 243 g/mol. The highest BCUT2D eigenvalue weighted by atomic mass is 35.5. The van der Waals surface area contributed by atoms with E-state index in [4.69, 9.17) is 23.2 Å². The van der Waals surface area contributed by atoms with Gasteiger partial charge in [0.2, 0.25) is 0 Å². The summed E-state index contributed by atoms with van der Waals surface area (Å²) in [5.41, 5.74) is 1.12. The van der Waals surface area contributed by atoms with Crippen LogP contribution in [0.5, 0.6) is 0 Å². The molecular formula is C13H16Cl2. The summed E-state index contributed by atoms with van der Waals surface area (Å²) < 4.78 is 0. The lowest BCUT2D eigenvalue weighted by molar-refractivity contribution is 0.721. The number of hydrogen-bond donors (Lipinski definition) is 0. The Morgan fingerprint density at radius 3 is 2.73 bits per heavy atom. The summed E-state index contributed by atoms with van der Waals surface area (Å²) in [5, 5.41) is 1.33. The fraction of sp³-hybridized carbons (Fsp3) is 0.385. The zero-order valence-electron chi connectivity index (χ0n) is 9.13. The van der Waals surface area contributed by atoms with Crippen LogP contribution in [0.15, 0.2) is 30.4 Å². The van der Waals surface area contributed by atoms with Gasteiger partial charge in [0.05, 0.1) is 10.0 Å². The van der Waals surface area contributed by atoms with Crippen molar-refractivity contribution in [3.63, 3.8) is 0 Å². The van der Waals surface area contributed by atoms with Crippen LogP contribution in [0.2, 0.25) is 10.0 Å². The van der Waals surface area contributed by atoms with Crippen molar-refractivity contribution in [2.45, 2.75) is 26.7 Å². The smallest absolute Gasteiger partial charge is 0.0624 e. The molecule has 82 valence electrons. The van der Waals surface area contributed by atoms with Crippen molar-refractivity contribution < 1.29 is 0 Å². The Balaban J connectivity index is 2.72. The minimum atomic E-state index is 0.501. The maximum absolute atomic E-state index is 6.12. The van der Waals surface area contributed by atoms with Crippen molar-refractivity contribution in [2.75, 3.05) is 0 Å². The summed E-state index contributed by atoms with van der Waals surface area (Å²) in [6, 6.07) is 5.80. The first kappa shape index (κ1) is 12.6. The predicted octanol–water partition coefficient (Wildman–Crippen LogP) is 5.14. The van der Waals surface area contributed by atoms with Crippen LogP contribution in [0.3, 0.4) is 0 Å². The molecule has 0 spiro atoms. The highest BCUT2D eigenvalue weighted by Gasteiger charge is 2.06. The fourth-order valence-corrected chi connectivity index (χ4v) is 1.89. The largest absolute Gasteiger partial charge is 0.0885 e. The van der Waals surface area contributed by atoms with Crippen molar-refractivity contribution in [1.82, 2.24) is 0 Å². The molecule has 1 atom stereocenters. The Morgan fingerprint density at radius 1 is 1.33 bits per heavy atom. The van der Waals surface area contributed by atoms with Crippen LogP contribution < -0.4 is 0 Å². The lowest BCUT2D eigenvalue weighted by atomic mass is 10.0. The number of allylic oxidation sites excluding steroid dienone is 2. The second-order valence-corrected chi connectivity index (χ2v) is 4.52. The molecule has 0 aliphatic carbocycles. The van der Waals surface area contributed by atoms with Crippen LogP contribution in [0.25, 0.3) is 0 Å². The van der Waals surface area contributed by atoms with Gasteiger partial charge < -0.3 is 0 Å². The van der Waals surface area contributed by atoms with Crippen LogP contribution >= 0.6 is 23.2 Å². The maximum Gasteiger partial charge on any atom is 0.0624 e. The van der Waals surface area contributed by atoms with E-state index in [1.165, 1.54) is 0 Å². The summed E-state index contributed by atoms with van der Waals surface area (Å²) in [5.74, 6) is 0.501. The third kappa shape index (κ3) is 3.89. The molecule has 0 aliphatic heterocycles. The van der Waals surface area contributed by atoms with Crippen molar-refractivity contribution in [1.29, 1.82) is 0 Å². The van der Waals surface area contributed by atoms with Gasteiger partial charge in [-0.25, -0.2) is 0 Å². The predicted molar refractivity (Wildman–Crippen MR) is 68.8 cm³/mol. The van der Waals surface area contributed by atoms with E-state index in [1.807, 2.05) is 18.2 Å². The summed E-state index contributed by atoms with van der Waals surface area (Å²) >= 11 is 12.1. The number of hydrogen-bond acceptors (Lipinski definition) is 0. The molecule has 2 heteroatoms. The minimum absolute atomic E-state index is 0.501. The van der Waals surface area contributed by atoms with E-state index >= 15 is 0 Å². The molecule has 1 rings (SSSR count). The molecule has 0 radical (unpaired) electrons. The molecule has 0 N–H and O–H groups in total. The number of benzene rings is 1. The van der Waals surface area contributed by atoms with Gasteiger partial charge in [-0.1, -0.05) is 61.3 Å². The Kier molecular flexibility index (Phi) is 5.21. The normalized spacial score (nSPS) is 13.3. The Morgan fingerprint density at radius 2 is 2.07 bits per heavy atom. The highest BCUT2D eigenvalue weighted by molar-refractivity contribution is 6.42. The molecule has 0 aliphatic rings. The van der Waals surface area contributed by atoms with Crippen LogP contribution in [-0.4, -0.2) is 0 Å². The van der Waals surface area contributed by atoms with Gasteiger partial charge in [0.1, 0.15) is 0 Å². The second kappa shape index (κ2) is 6.19. The van der Waals surface area contributed by atoms with Gasteiger partial charge in [-0.2, -0.15) is 0 Å². The van der Waals surface area contributed by atoms with Crippen molar-refractivity contribution in [3.05, 3.63) is 46.0 Å².